The molecule has 2 fully saturated rings. The summed E-state index contributed by atoms with van der Waals surface area (Å²) in [4.78, 5) is 51.6. The molecule has 0 radical (unpaired) electrons. The molecule has 14 N–H and O–H groups in total. The van der Waals surface area contributed by atoms with Crippen LogP contribution < -0.4 is 11.5 Å². The summed E-state index contributed by atoms with van der Waals surface area (Å²) in [7, 11) is 0. The van der Waals surface area contributed by atoms with Crippen molar-refractivity contribution in [1.82, 2.24) is 0 Å². The minimum Gasteiger partial charge on any atom is -0.481 e. The van der Waals surface area contributed by atoms with Crippen molar-refractivity contribution < 1.29 is 89.2 Å². The number of benzene rings is 1. The van der Waals surface area contributed by atoms with E-state index in [-0.39, 0.29) is 69.0 Å². The molecule has 3 aliphatic heterocycles. The van der Waals surface area contributed by atoms with Gasteiger partial charge in [-0.05, 0) is 82.1 Å². The highest BCUT2D eigenvalue weighted by Gasteiger charge is 2.51. The van der Waals surface area contributed by atoms with Crippen LogP contribution in [0.25, 0.3) is 0 Å². The number of esters is 1. The number of cyclic esters (lactones) is 1. The number of rotatable bonds is 10. The van der Waals surface area contributed by atoms with Crippen molar-refractivity contribution in [3.05, 3.63) is 115 Å². The van der Waals surface area contributed by atoms with Gasteiger partial charge in [-0.3, -0.25) is 19.2 Å². The maximum absolute atomic E-state index is 13.3. The molecular weight excluding hydrogens is 1010 g/mol. The van der Waals surface area contributed by atoms with E-state index in [0.29, 0.717) is 17.7 Å². The third-order valence-electron chi connectivity index (χ3n) is 14.1. The molecule has 1 aromatic rings. The van der Waals surface area contributed by atoms with Gasteiger partial charge < -0.3 is 81.5 Å². The zero-order valence-electron chi connectivity index (χ0n) is 44.8. The number of allylic oxidation sites excluding steroid dienone is 12. The highest BCUT2D eigenvalue weighted by Crippen LogP contribution is 2.38. The Morgan fingerprint density at radius 1 is 0.756 bits per heavy atom. The number of carboxylic acid groups (broad SMARTS) is 1. The van der Waals surface area contributed by atoms with Gasteiger partial charge >= 0.3 is 11.9 Å². The predicted molar refractivity (Wildman–Crippen MR) is 289 cm³/mol. The summed E-state index contributed by atoms with van der Waals surface area (Å²) < 4.78 is 23.7. The average Bonchev–Trinajstić information content (AvgIpc) is 3.41. The number of anilines is 1. The second kappa shape index (κ2) is 32.9. The molecule has 3 heterocycles. The smallest absolute Gasteiger partial charge is 0.313 e. The van der Waals surface area contributed by atoms with Crippen LogP contribution in [0.15, 0.2) is 109 Å². The van der Waals surface area contributed by atoms with Crippen molar-refractivity contribution in [1.29, 1.82) is 0 Å². The van der Waals surface area contributed by atoms with Crippen LogP contribution in [-0.4, -0.2) is 166 Å². The fraction of sp³-hybridized carbons (Fsp3) is 0.586. The molecule has 434 valence electrons. The minimum absolute atomic E-state index is 0.0720. The maximum atomic E-state index is 13.3. The molecule has 3 aliphatic rings. The number of fused-ring (bicyclic) bond motifs is 2. The topological polar surface area (TPSA) is 360 Å². The summed E-state index contributed by atoms with van der Waals surface area (Å²) in [6.45, 7) is 5.23. The van der Waals surface area contributed by atoms with Crippen molar-refractivity contribution in [3.63, 3.8) is 0 Å². The summed E-state index contributed by atoms with van der Waals surface area (Å²) in [5.41, 5.74) is 12.7. The van der Waals surface area contributed by atoms with Gasteiger partial charge in [0.15, 0.2) is 17.9 Å². The van der Waals surface area contributed by atoms with Gasteiger partial charge in [-0.1, -0.05) is 98.9 Å². The van der Waals surface area contributed by atoms with Gasteiger partial charge in [0.1, 0.15) is 30.3 Å². The molecule has 1 aromatic carbocycles. The lowest BCUT2D eigenvalue weighted by atomic mass is 9.82. The molecule has 20 nitrogen and oxygen atoms in total. The van der Waals surface area contributed by atoms with E-state index in [9.17, 15) is 70.2 Å². The number of nitrogen functional groups attached to an aromatic ring is 1. The highest BCUT2D eigenvalue weighted by atomic mass is 16.7. The zero-order chi connectivity index (χ0) is 57.5. The first-order valence-electron chi connectivity index (χ1n) is 26.9. The van der Waals surface area contributed by atoms with Crippen molar-refractivity contribution in [2.75, 3.05) is 5.73 Å². The van der Waals surface area contributed by atoms with Gasteiger partial charge in [0.05, 0.1) is 67.1 Å². The van der Waals surface area contributed by atoms with E-state index in [2.05, 4.69) is 0 Å². The monoisotopic (exact) mass is 1100 g/mol. The number of aliphatic carboxylic acids is 1. The van der Waals surface area contributed by atoms with Gasteiger partial charge in [0.2, 0.25) is 0 Å². The molecule has 0 saturated carbocycles. The van der Waals surface area contributed by atoms with Crippen LogP contribution in [-0.2, 0) is 33.3 Å². The largest absolute Gasteiger partial charge is 0.481 e. The Hall–Kier alpha value is -5.04. The Morgan fingerprint density at radius 3 is 1.91 bits per heavy atom. The number of carbonyl (C=O) groups excluding carboxylic acids is 3. The Labute approximate surface area is 456 Å². The van der Waals surface area contributed by atoms with E-state index in [1.54, 1.807) is 97.2 Å². The molecule has 2 saturated heterocycles. The van der Waals surface area contributed by atoms with Crippen LogP contribution in [0.1, 0.15) is 115 Å². The van der Waals surface area contributed by atoms with Crippen molar-refractivity contribution >= 4 is 29.2 Å². The lowest BCUT2D eigenvalue weighted by Gasteiger charge is -2.45. The summed E-state index contributed by atoms with van der Waals surface area (Å²) in [5, 5.41) is 108. The number of hydrogen-bond acceptors (Lipinski definition) is 19. The number of ether oxygens (including phenoxy) is 4. The van der Waals surface area contributed by atoms with Crippen LogP contribution in [0.3, 0.4) is 0 Å². The lowest BCUT2D eigenvalue weighted by molar-refractivity contribution is -0.308. The molecule has 0 spiro atoms. The van der Waals surface area contributed by atoms with E-state index >= 15 is 0 Å². The second-order valence-corrected chi connectivity index (χ2v) is 21.0. The molecule has 0 amide bonds. The van der Waals surface area contributed by atoms with E-state index in [1.807, 2.05) is 19.9 Å². The Morgan fingerprint density at radius 2 is 1.32 bits per heavy atom. The molecule has 0 aliphatic carbocycles. The molecule has 0 aromatic heterocycles. The lowest BCUT2D eigenvalue weighted by Crippen LogP contribution is -2.61. The standard InChI is InChI=1S/C58H84N2O18/c1-35-17-14-12-10-8-6-4-5-7-9-11-13-15-20-46(76-57-54(71)52(60)53(70)37(3)75-57)32-49-51(56(72)73)48(68)34-58(74,78-49)33-45(66)28-41(62)19-16-18-40(61)27-43(64)29-44(65)31-50(69)77-55(35)36(2)21-26-42(63)30-47(67)38-22-24-39(59)25-23-38/h4-15,17,20,22-25,35-37,40-43,45-46,48-49,51-55,57,61-64,66,68,70-71,74H,16,18-19,21,26-34,59-60H2,1-3H3,(H,72,73). The van der Waals surface area contributed by atoms with Crippen LogP contribution in [0, 0.1) is 17.8 Å². The van der Waals surface area contributed by atoms with Crippen molar-refractivity contribution in [2.45, 2.75) is 196 Å². The molecule has 4 rings (SSSR count). The minimum atomic E-state index is -2.27. The fourth-order valence-corrected chi connectivity index (χ4v) is 9.84. The molecule has 2 bridgehead atoms. The first kappa shape index (κ1) is 65.5. The maximum Gasteiger partial charge on any atom is 0.313 e. The Balaban J connectivity index is 1.52. The third kappa shape index (κ3) is 22.6. The number of Topliss-reactive ketones (excluding diaryl/α,β-unsaturated/α-hetero) is 2. The first-order valence-corrected chi connectivity index (χ1v) is 26.9. The molecular formula is C58H84N2O18. The van der Waals surface area contributed by atoms with E-state index in [1.165, 1.54) is 13.0 Å². The quantitative estimate of drug-likeness (QED) is 0.0692. The third-order valence-corrected chi connectivity index (χ3v) is 14.1. The van der Waals surface area contributed by atoms with Crippen LogP contribution >= 0.6 is 0 Å². The van der Waals surface area contributed by atoms with E-state index < -0.39 is 141 Å². The predicted octanol–water partition coefficient (Wildman–Crippen LogP) is 3.32. The zero-order valence-corrected chi connectivity index (χ0v) is 44.8. The van der Waals surface area contributed by atoms with Crippen molar-refractivity contribution in [2.24, 2.45) is 23.5 Å². The molecule has 20 heteroatoms. The van der Waals surface area contributed by atoms with Gasteiger partial charge in [-0.15, -0.1) is 0 Å². The van der Waals surface area contributed by atoms with Crippen molar-refractivity contribution in [3.8, 4) is 0 Å². The SMILES string of the molecule is CC1C=CC=CC=CC=CC=CC=CC=CC(OC2OC(C)C(O)C(N)C2O)CC2OC(O)(CC(O)CC(O)CCCC(O)CC(O)CC(=O)CC(=O)OC1C(C)CCC(O)CC(=O)c1ccc(N)cc1)CC(O)C2C(=O)O. The van der Waals surface area contributed by atoms with Gasteiger partial charge in [-0.2, -0.15) is 0 Å². The fourth-order valence-electron chi connectivity index (χ4n) is 9.84. The van der Waals surface area contributed by atoms with Gasteiger partial charge in [0.25, 0.3) is 0 Å². The number of carboxylic acids is 1. The van der Waals surface area contributed by atoms with Crippen LogP contribution in [0.5, 0.6) is 0 Å². The number of ketones is 2. The highest BCUT2D eigenvalue weighted by molar-refractivity contribution is 5.96. The number of aliphatic hydroxyl groups is 9. The van der Waals surface area contributed by atoms with Crippen LogP contribution in [0.2, 0.25) is 0 Å². The van der Waals surface area contributed by atoms with Crippen LogP contribution in [0.4, 0.5) is 5.69 Å². The number of carbonyl (C=O) groups is 4. The molecule has 18 unspecified atom stereocenters. The average molecular weight is 1100 g/mol. The molecule has 18 atom stereocenters. The summed E-state index contributed by atoms with van der Waals surface area (Å²) in [5.74, 6) is -7.63. The summed E-state index contributed by atoms with van der Waals surface area (Å²) in [6.07, 6.45) is 6.31. The Bertz CT molecular complexity index is 2250. The molecule has 78 heavy (non-hydrogen) atoms. The number of nitrogens with two attached hydrogens (primary N) is 2. The first-order chi connectivity index (χ1) is 36.9. The number of hydrogen-bond donors (Lipinski definition) is 12. The van der Waals surface area contributed by atoms with Gasteiger partial charge in [0, 0.05) is 49.3 Å². The number of aliphatic hydroxyl groups excluding tert-OH is 8. The summed E-state index contributed by atoms with van der Waals surface area (Å²) in [6, 6.07) is 5.26. The summed E-state index contributed by atoms with van der Waals surface area (Å²) >= 11 is 0. The normalized spacial score (nSPS) is 34.9. The van der Waals surface area contributed by atoms with E-state index in [0.717, 1.165) is 0 Å². The Kier molecular flexibility index (Phi) is 27.6. The second-order valence-electron chi connectivity index (χ2n) is 21.0. The van der Waals surface area contributed by atoms with Gasteiger partial charge in [-0.25, -0.2) is 0 Å². The van der Waals surface area contributed by atoms with E-state index in [4.69, 9.17) is 30.4 Å².